The molecule has 2 aromatic carbocycles. The van der Waals surface area contributed by atoms with Crippen LogP contribution in [0, 0.1) is 23.3 Å². The minimum atomic E-state index is -1.15. The van der Waals surface area contributed by atoms with Crippen molar-refractivity contribution < 1.29 is 46.2 Å². The third kappa shape index (κ3) is 7.89. The number of rotatable bonds is 8. The highest BCUT2D eigenvalue weighted by Crippen LogP contribution is 2.16. The Labute approximate surface area is 177 Å². The van der Waals surface area contributed by atoms with Crippen LogP contribution in [-0.4, -0.2) is 37.0 Å². The molecule has 0 fully saturated rings. The monoisotopic (exact) mass is 454 g/mol. The molecule has 0 spiro atoms. The lowest BCUT2D eigenvalue weighted by molar-refractivity contribution is -0.144. The van der Waals surface area contributed by atoms with E-state index in [0.29, 0.717) is 12.2 Å². The molecule has 2 aromatic rings. The van der Waals surface area contributed by atoms with Gasteiger partial charge in [-0.3, -0.25) is 9.59 Å². The van der Waals surface area contributed by atoms with Crippen LogP contribution < -0.4 is 10.6 Å². The Kier molecular flexibility index (Phi) is 8.45. The number of carbonyl (C=O) groups excluding carboxylic acids is 4. The molecule has 2 amide bonds. The Morgan fingerprint density at radius 1 is 0.688 bits per heavy atom. The number of esters is 2. The number of halogens is 4. The second-order valence-corrected chi connectivity index (χ2v) is 5.89. The number of carbonyl (C=O) groups is 4. The van der Waals surface area contributed by atoms with Crippen LogP contribution in [0.4, 0.5) is 28.9 Å². The topological polar surface area (TPSA) is 111 Å². The highest BCUT2D eigenvalue weighted by Gasteiger charge is 2.12. The van der Waals surface area contributed by atoms with E-state index in [0.717, 1.165) is 36.4 Å². The fraction of sp³-hybridized carbons (Fsp3) is 0.100. The minimum absolute atomic E-state index is 0.457. The number of hydrogen-bond acceptors (Lipinski definition) is 6. The van der Waals surface area contributed by atoms with Gasteiger partial charge in [0.1, 0.15) is 23.3 Å². The predicted octanol–water partition coefficient (Wildman–Crippen LogP) is 2.46. The van der Waals surface area contributed by atoms with Gasteiger partial charge in [-0.15, -0.1) is 0 Å². The molecule has 12 heteroatoms. The molecule has 0 radical (unpaired) electrons. The van der Waals surface area contributed by atoms with E-state index in [1.54, 1.807) is 0 Å². The molecular weight excluding hydrogens is 440 g/mol. The highest BCUT2D eigenvalue weighted by atomic mass is 19.1. The van der Waals surface area contributed by atoms with Gasteiger partial charge in [-0.2, -0.15) is 0 Å². The van der Waals surface area contributed by atoms with Gasteiger partial charge in [0.2, 0.25) is 0 Å². The molecule has 0 aromatic heterocycles. The van der Waals surface area contributed by atoms with Crippen LogP contribution in [0.15, 0.2) is 48.6 Å². The van der Waals surface area contributed by atoms with Crippen molar-refractivity contribution in [2.45, 2.75) is 0 Å². The van der Waals surface area contributed by atoms with Crippen LogP contribution in [-0.2, 0) is 28.7 Å². The number of ether oxygens (including phenoxy) is 2. The summed E-state index contributed by atoms with van der Waals surface area (Å²) in [7, 11) is 0. The summed E-state index contributed by atoms with van der Waals surface area (Å²) in [5.41, 5.74) is -0.914. The van der Waals surface area contributed by atoms with Crippen LogP contribution in [0.3, 0.4) is 0 Å². The van der Waals surface area contributed by atoms with Crippen molar-refractivity contribution in [1.29, 1.82) is 0 Å². The maximum absolute atomic E-state index is 13.4. The van der Waals surface area contributed by atoms with E-state index in [4.69, 9.17) is 0 Å². The number of benzene rings is 2. The van der Waals surface area contributed by atoms with Gasteiger partial charge in [0.05, 0.1) is 11.4 Å². The molecule has 0 saturated carbocycles. The summed E-state index contributed by atoms with van der Waals surface area (Å²) in [5, 5.41) is 3.98. The molecule has 0 heterocycles. The lowest BCUT2D eigenvalue weighted by atomic mass is 10.3. The zero-order valence-corrected chi connectivity index (χ0v) is 16.0. The third-order valence-corrected chi connectivity index (χ3v) is 3.45. The first-order valence-electron chi connectivity index (χ1n) is 8.65. The molecule has 0 aliphatic carbocycles. The zero-order valence-electron chi connectivity index (χ0n) is 16.0. The van der Waals surface area contributed by atoms with E-state index >= 15 is 0 Å². The lowest BCUT2D eigenvalue weighted by Crippen LogP contribution is -2.21. The molecule has 0 saturated heterocycles. The number of hydrogen-bond donors (Lipinski definition) is 2. The van der Waals surface area contributed by atoms with E-state index in [2.05, 4.69) is 9.47 Å². The normalized spacial score (nSPS) is 10.5. The minimum Gasteiger partial charge on any atom is -0.452 e. The van der Waals surface area contributed by atoms with Crippen molar-refractivity contribution >= 4 is 35.1 Å². The first-order valence-corrected chi connectivity index (χ1v) is 8.65. The molecule has 0 atom stereocenters. The zero-order chi connectivity index (χ0) is 23.7. The van der Waals surface area contributed by atoms with Crippen molar-refractivity contribution in [3.05, 3.63) is 71.8 Å². The summed E-state index contributed by atoms with van der Waals surface area (Å²) in [6, 6.07) is 4.73. The molecule has 0 aliphatic rings. The smallest absolute Gasteiger partial charge is 0.331 e. The SMILES string of the molecule is O=C(COC(=O)/C=C/C(=O)OCC(=O)Nc1cc(F)ccc1F)Nc1cc(F)ccc1F. The van der Waals surface area contributed by atoms with Crippen LogP contribution in [0.2, 0.25) is 0 Å². The summed E-state index contributed by atoms with van der Waals surface area (Å²) in [5.74, 6) is -7.65. The van der Waals surface area contributed by atoms with Crippen molar-refractivity contribution in [3.8, 4) is 0 Å². The Morgan fingerprint density at radius 2 is 1.06 bits per heavy atom. The number of nitrogens with one attached hydrogen (secondary N) is 2. The molecule has 0 aliphatic heterocycles. The summed E-state index contributed by atoms with van der Waals surface area (Å²) in [6.45, 7) is -1.73. The Morgan fingerprint density at radius 3 is 1.44 bits per heavy atom. The molecule has 168 valence electrons. The summed E-state index contributed by atoms with van der Waals surface area (Å²) < 4.78 is 61.9. The van der Waals surface area contributed by atoms with E-state index in [-0.39, 0.29) is 0 Å². The van der Waals surface area contributed by atoms with Crippen LogP contribution in [0.1, 0.15) is 0 Å². The maximum Gasteiger partial charge on any atom is 0.331 e. The molecular formula is C20H14F4N2O6. The van der Waals surface area contributed by atoms with Crippen LogP contribution in [0.25, 0.3) is 0 Å². The van der Waals surface area contributed by atoms with Crippen molar-refractivity contribution in [2.75, 3.05) is 23.8 Å². The molecule has 2 N–H and O–H groups in total. The first kappa shape index (κ1) is 24.1. The van der Waals surface area contributed by atoms with Crippen molar-refractivity contribution in [1.82, 2.24) is 0 Å². The fourth-order valence-electron chi connectivity index (χ4n) is 2.06. The van der Waals surface area contributed by atoms with Crippen molar-refractivity contribution in [3.63, 3.8) is 0 Å². The third-order valence-electron chi connectivity index (χ3n) is 3.45. The fourth-order valence-corrected chi connectivity index (χ4v) is 2.06. The van der Waals surface area contributed by atoms with Gasteiger partial charge >= 0.3 is 11.9 Å². The van der Waals surface area contributed by atoms with Gasteiger partial charge in [0.25, 0.3) is 11.8 Å². The van der Waals surface area contributed by atoms with Crippen LogP contribution >= 0.6 is 0 Å². The standard InChI is InChI=1S/C20H14F4N2O6/c21-11-1-3-13(23)15(7-11)25-17(27)9-31-19(29)5-6-20(30)32-10-18(28)26-16-8-12(22)2-4-14(16)24/h1-8H,9-10H2,(H,25,27)(H,26,28)/b6-5+. The maximum atomic E-state index is 13.4. The van der Waals surface area contributed by atoms with Gasteiger partial charge in [0.15, 0.2) is 13.2 Å². The summed E-state index contributed by atoms with van der Waals surface area (Å²) in [4.78, 5) is 46.2. The average molecular weight is 454 g/mol. The van der Waals surface area contributed by atoms with Gasteiger partial charge < -0.3 is 20.1 Å². The molecule has 0 bridgehead atoms. The summed E-state index contributed by atoms with van der Waals surface area (Å²) >= 11 is 0. The number of amides is 2. The van der Waals surface area contributed by atoms with Crippen molar-refractivity contribution in [2.24, 2.45) is 0 Å². The van der Waals surface area contributed by atoms with E-state index < -0.39 is 71.6 Å². The summed E-state index contributed by atoms with van der Waals surface area (Å²) in [6.07, 6.45) is 1.17. The molecule has 8 nitrogen and oxygen atoms in total. The second-order valence-electron chi connectivity index (χ2n) is 5.89. The van der Waals surface area contributed by atoms with Gasteiger partial charge in [0, 0.05) is 24.3 Å². The van der Waals surface area contributed by atoms with Crippen LogP contribution in [0.5, 0.6) is 0 Å². The van der Waals surface area contributed by atoms with E-state index in [1.165, 1.54) is 0 Å². The van der Waals surface area contributed by atoms with Gasteiger partial charge in [-0.25, -0.2) is 27.2 Å². The molecule has 32 heavy (non-hydrogen) atoms. The second kappa shape index (κ2) is 11.2. The Hall–Kier alpha value is -4.22. The van der Waals surface area contributed by atoms with Gasteiger partial charge in [-0.1, -0.05) is 0 Å². The Bertz CT molecular complexity index is 991. The molecule has 0 unspecified atom stereocenters. The average Bonchev–Trinajstić information content (AvgIpc) is 2.74. The van der Waals surface area contributed by atoms with Gasteiger partial charge in [-0.05, 0) is 24.3 Å². The molecule has 2 rings (SSSR count). The number of anilines is 2. The largest absolute Gasteiger partial charge is 0.452 e. The quantitative estimate of drug-likeness (QED) is 0.360. The van der Waals surface area contributed by atoms with E-state index in [9.17, 15) is 36.7 Å². The van der Waals surface area contributed by atoms with E-state index in [1.807, 2.05) is 10.6 Å². The first-order chi connectivity index (χ1) is 15.1. The predicted molar refractivity (Wildman–Crippen MR) is 101 cm³/mol. The lowest BCUT2D eigenvalue weighted by Gasteiger charge is -2.07. The Balaban J connectivity index is 1.72. The highest BCUT2D eigenvalue weighted by molar-refractivity contribution is 5.97.